The summed E-state index contributed by atoms with van der Waals surface area (Å²) < 4.78 is 46.0. The van der Waals surface area contributed by atoms with E-state index in [9.17, 15) is 12.8 Å². The molecule has 2 aliphatic heterocycles. The lowest BCUT2D eigenvalue weighted by molar-refractivity contribution is 0.257. The van der Waals surface area contributed by atoms with Gasteiger partial charge in [-0.15, -0.1) is 0 Å². The van der Waals surface area contributed by atoms with Gasteiger partial charge in [0, 0.05) is 31.7 Å². The maximum absolute atomic E-state index is 14.5. The van der Waals surface area contributed by atoms with Crippen LogP contribution in [0.4, 0.5) is 4.39 Å². The molecular weight excluding hydrogens is 379 g/mol. The van der Waals surface area contributed by atoms with E-state index in [0.29, 0.717) is 18.7 Å². The smallest absolute Gasteiger partial charge is 0.211 e. The fourth-order valence-corrected chi connectivity index (χ4v) is 5.86. The molecule has 2 saturated heterocycles. The van der Waals surface area contributed by atoms with E-state index in [-0.39, 0.29) is 29.4 Å². The lowest BCUT2D eigenvalue weighted by atomic mass is 9.90. The van der Waals surface area contributed by atoms with Crippen LogP contribution in [0.25, 0.3) is 0 Å². The van der Waals surface area contributed by atoms with Gasteiger partial charge in [-0.25, -0.2) is 12.8 Å². The van der Waals surface area contributed by atoms with Gasteiger partial charge >= 0.3 is 0 Å². The molecule has 0 N–H and O–H groups in total. The van der Waals surface area contributed by atoms with Gasteiger partial charge in [0.2, 0.25) is 10.0 Å². The molecule has 0 bridgehead atoms. The summed E-state index contributed by atoms with van der Waals surface area (Å²) in [4.78, 5) is 2.22. The molecule has 5 nitrogen and oxygen atoms in total. The first-order chi connectivity index (χ1) is 13.4. The van der Waals surface area contributed by atoms with Gasteiger partial charge in [-0.05, 0) is 23.5 Å². The predicted octanol–water partition coefficient (Wildman–Crippen LogP) is 2.90. The lowest BCUT2D eigenvalue weighted by Crippen LogP contribution is -2.35. The highest BCUT2D eigenvalue weighted by atomic mass is 32.2. The molecule has 0 spiro atoms. The molecule has 28 heavy (non-hydrogen) atoms. The van der Waals surface area contributed by atoms with Crippen LogP contribution in [0.15, 0.2) is 48.5 Å². The van der Waals surface area contributed by atoms with E-state index >= 15 is 0 Å². The molecule has 2 aromatic carbocycles. The standard InChI is InChI=1S/C21H25FN2O3S/c1-27-19-10-6-9-16(20(19)22)11-23-12-17-13-24(28(2,25)26)21(18(17)14-23)15-7-4-3-5-8-15/h3-10,17-18,21H,11-14H2,1-2H3/t17-,18-,21+/m1/s1. The number of rotatable bonds is 5. The van der Waals surface area contributed by atoms with Gasteiger partial charge in [-0.3, -0.25) is 4.90 Å². The Bertz CT molecular complexity index is 951. The number of hydrogen-bond donors (Lipinski definition) is 0. The molecule has 2 heterocycles. The molecule has 0 aliphatic carbocycles. The number of fused-ring (bicyclic) bond motifs is 1. The second kappa shape index (κ2) is 7.46. The summed E-state index contributed by atoms with van der Waals surface area (Å²) in [5, 5.41) is 0. The van der Waals surface area contributed by atoms with Crippen LogP contribution in [-0.2, 0) is 16.6 Å². The van der Waals surface area contributed by atoms with E-state index in [0.717, 1.165) is 18.7 Å². The van der Waals surface area contributed by atoms with Crippen molar-refractivity contribution in [1.82, 2.24) is 9.21 Å². The van der Waals surface area contributed by atoms with Crippen LogP contribution in [0, 0.1) is 17.7 Å². The minimum atomic E-state index is -3.30. The molecule has 2 fully saturated rings. The minimum Gasteiger partial charge on any atom is -0.494 e. The van der Waals surface area contributed by atoms with Crippen LogP contribution in [-0.4, -0.2) is 50.6 Å². The Morgan fingerprint density at radius 3 is 2.50 bits per heavy atom. The SMILES string of the molecule is COc1cccc(CN2C[C@@H]3CN(S(C)(=O)=O)[C@@H](c4ccccc4)[C@@H]3C2)c1F. The van der Waals surface area contributed by atoms with Crippen LogP contribution >= 0.6 is 0 Å². The molecule has 4 rings (SSSR count). The molecule has 0 aromatic heterocycles. The second-order valence-electron chi connectivity index (χ2n) is 7.74. The maximum Gasteiger partial charge on any atom is 0.211 e. The highest BCUT2D eigenvalue weighted by molar-refractivity contribution is 7.88. The molecular formula is C21H25FN2O3S. The zero-order chi connectivity index (χ0) is 19.9. The quantitative estimate of drug-likeness (QED) is 0.769. The average Bonchev–Trinajstić information content (AvgIpc) is 3.21. The molecule has 3 atom stereocenters. The third-order valence-electron chi connectivity index (χ3n) is 5.92. The summed E-state index contributed by atoms with van der Waals surface area (Å²) in [6, 6.07) is 14.9. The van der Waals surface area contributed by atoms with E-state index < -0.39 is 10.0 Å². The van der Waals surface area contributed by atoms with Gasteiger partial charge in [0.25, 0.3) is 0 Å². The van der Waals surface area contributed by atoms with Crippen molar-refractivity contribution in [3.05, 3.63) is 65.5 Å². The molecule has 0 amide bonds. The van der Waals surface area contributed by atoms with Gasteiger partial charge < -0.3 is 4.74 Å². The van der Waals surface area contributed by atoms with Crippen LogP contribution < -0.4 is 4.74 Å². The summed E-state index contributed by atoms with van der Waals surface area (Å²) in [7, 11) is -1.83. The highest BCUT2D eigenvalue weighted by Crippen LogP contribution is 2.46. The maximum atomic E-state index is 14.5. The zero-order valence-electron chi connectivity index (χ0n) is 16.1. The van der Waals surface area contributed by atoms with Gasteiger partial charge in [-0.1, -0.05) is 42.5 Å². The summed E-state index contributed by atoms with van der Waals surface area (Å²) in [6.45, 7) is 2.51. The largest absolute Gasteiger partial charge is 0.494 e. The number of nitrogens with zero attached hydrogens (tertiary/aromatic N) is 2. The number of ether oxygens (including phenoxy) is 1. The van der Waals surface area contributed by atoms with Crippen molar-refractivity contribution >= 4 is 10.0 Å². The number of likely N-dealkylation sites (tertiary alicyclic amines) is 1. The Morgan fingerprint density at radius 2 is 1.82 bits per heavy atom. The van der Waals surface area contributed by atoms with Gasteiger partial charge in [-0.2, -0.15) is 4.31 Å². The van der Waals surface area contributed by atoms with Crippen LogP contribution in [0.2, 0.25) is 0 Å². The van der Waals surface area contributed by atoms with Gasteiger partial charge in [0.05, 0.1) is 19.4 Å². The summed E-state index contributed by atoms with van der Waals surface area (Å²) >= 11 is 0. The number of hydrogen-bond acceptors (Lipinski definition) is 4. The fraction of sp³-hybridized carbons (Fsp3) is 0.429. The Balaban J connectivity index is 1.57. The van der Waals surface area contributed by atoms with E-state index in [1.165, 1.54) is 13.4 Å². The average molecular weight is 405 g/mol. The number of methoxy groups -OCH3 is 1. The first-order valence-electron chi connectivity index (χ1n) is 9.44. The molecule has 2 aromatic rings. The van der Waals surface area contributed by atoms with Crippen molar-refractivity contribution < 1.29 is 17.5 Å². The molecule has 150 valence electrons. The first kappa shape index (κ1) is 19.4. The molecule has 7 heteroatoms. The lowest BCUT2D eigenvalue weighted by Gasteiger charge is -2.28. The van der Waals surface area contributed by atoms with Crippen LogP contribution in [0.3, 0.4) is 0 Å². The van der Waals surface area contributed by atoms with Crippen molar-refractivity contribution in [2.75, 3.05) is 33.0 Å². The third-order valence-corrected chi connectivity index (χ3v) is 7.15. The van der Waals surface area contributed by atoms with Crippen molar-refractivity contribution in [2.45, 2.75) is 12.6 Å². The first-order valence-corrected chi connectivity index (χ1v) is 11.3. The Labute approximate surface area is 165 Å². The number of sulfonamides is 1. The van der Waals surface area contributed by atoms with E-state index in [4.69, 9.17) is 4.74 Å². The normalized spacial score (nSPS) is 25.8. The topological polar surface area (TPSA) is 49.9 Å². The Hall–Kier alpha value is -1.96. The van der Waals surface area contributed by atoms with Crippen molar-refractivity contribution in [3.8, 4) is 5.75 Å². The van der Waals surface area contributed by atoms with Crippen molar-refractivity contribution in [2.24, 2.45) is 11.8 Å². The molecule has 0 saturated carbocycles. The predicted molar refractivity (Wildman–Crippen MR) is 106 cm³/mol. The van der Waals surface area contributed by atoms with Gasteiger partial charge in [0.1, 0.15) is 0 Å². The molecule has 2 aliphatic rings. The second-order valence-corrected chi connectivity index (χ2v) is 9.67. The summed E-state index contributed by atoms with van der Waals surface area (Å²) in [5.74, 6) is 0.376. The summed E-state index contributed by atoms with van der Waals surface area (Å²) in [5.41, 5.74) is 1.63. The molecule has 0 unspecified atom stereocenters. The van der Waals surface area contributed by atoms with E-state index in [1.54, 1.807) is 22.5 Å². The monoisotopic (exact) mass is 404 g/mol. The molecule has 0 radical (unpaired) electrons. The summed E-state index contributed by atoms with van der Waals surface area (Å²) in [6.07, 6.45) is 1.29. The van der Waals surface area contributed by atoms with Crippen molar-refractivity contribution in [1.29, 1.82) is 0 Å². The Morgan fingerprint density at radius 1 is 1.07 bits per heavy atom. The number of benzene rings is 2. The Kier molecular flexibility index (Phi) is 5.16. The highest BCUT2D eigenvalue weighted by Gasteiger charge is 2.50. The zero-order valence-corrected chi connectivity index (χ0v) is 16.9. The van der Waals surface area contributed by atoms with Gasteiger partial charge in [0.15, 0.2) is 11.6 Å². The third kappa shape index (κ3) is 3.54. The van der Waals surface area contributed by atoms with E-state index in [1.807, 2.05) is 30.3 Å². The number of halogens is 1. The van der Waals surface area contributed by atoms with Crippen LogP contribution in [0.5, 0.6) is 5.75 Å². The van der Waals surface area contributed by atoms with Crippen molar-refractivity contribution in [3.63, 3.8) is 0 Å². The fourth-order valence-electron chi connectivity index (χ4n) is 4.71. The minimum absolute atomic E-state index is 0.165. The van der Waals surface area contributed by atoms with E-state index in [2.05, 4.69) is 4.90 Å². The van der Waals surface area contributed by atoms with Crippen LogP contribution in [0.1, 0.15) is 17.2 Å².